The fraction of sp³-hybridized carbons (Fsp3) is 1.00. The molecule has 1 N–H and O–H groups in total. The molecule has 5 atom stereocenters. The highest BCUT2D eigenvalue weighted by molar-refractivity contribution is 4.85. The summed E-state index contributed by atoms with van der Waals surface area (Å²) >= 11 is 0. The average molecular weight is 190 g/mol. The summed E-state index contributed by atoms with van der Waals surface area (Å²) in [5, 5.41) is 9.82. The van der Waals surface area contributed by atoms with Gasteiger partial charge in [-0.3, -0.25) is 0 Å². The van der Waals surface area contributed by atoms with Crippen molar-refractivity contribution in [3.63, 3.8) is 0 Å². The Morgan fingerprint density at radius 2 is 1.77 bits per heavy atom. The van der Waals surface area contributed by atoms with E-state index in [2.05, 4.69) is 0 Å². The Morgan fingerprint density at radius 3 is 2.23 bits per heavy atom. The van der Waals surface area contributed by atoms with Gasteiger partial charge in [-0.2, -0.15) is 0 Å². The van der Waals surface area contributed by atoms with Crippen LogP contribution in [0, 0.1) is 5.92 Å². The Kier molecular flexibility index (Phi) is 3.67. The number of methoxy groups -OCH3 is 2. The number of ether oxygens (including phenoxy) is 3. The summed E-state index contributed by atoms with van der Waals surface area (Å²) in [5.41, 5.74) is 0. The van der Waals surface area contributed by atoms with Crippen molar-refractivity contribution in [2.75, 3.05) is 14.2 Å². The zero-order chi connectivity index (χ0) is 10.0. The second-order valence-electron chi connectivity index (χ2n) is 3.50. The van der Waals surface area contributed by atoms with Crippen molar-refractivity contribution in [2.45, 2.75) is 38.4 Å². The molecule has 0 aromatic carbocycles. The van der Waals surface area contributed by atoms with Crippen LogP contribution in [0.25, 0.3) is 0 Å². The monoisotopic (exact) mass is 190 g/mol. The summed E-state index contributed by atoms with van der Waals surface area (Å²) in [6, 6.07) is 0. The van der Waals surface area contributed by atoms with Crippen LogP contribution in [0.2, 0.25) is 0 Å². The molecule has 0 aromatic rings. The van der Waals surface area contributed by atoms with E-state index in [0.717, 1.165) is 0 Å². The molecular weight excluding hydrogens is 172 g/mol. The Bertz CT molecular complexity index is 160. The van der Waals surface area contributed by atoms with Crippen molar-refractivity contribution in [3.8, 4) is 0 Å². The SMILES string of the molecule is CO[C@H]1O[C@H](C)[C@@H](C)[C@@H](O)[C@H]1OC. The Hall–Kier alpha value is -0.160. The third kappa shape index (κ3) is 2.02. The summed E-state index contributed by atoms with van der Waals surface area (Å²) in [4.78, 5) is 0. The minimum atomic E-state index is -0.529. The molecule has 1 saturated heterocycles. The topological polar surface area (TPSA) is 47.9 Å². The fourth-order valence-electron chi connectivity index (χ4n) is 1.59. The zero-order valence-electron chi connectivity index (χ0n) is 8.56. The highest BCUT2D eigenvalue weighted by Gasteiger charge is 2.41. The molecule has 0 radical (unpaired) electrons. The molecule has 0 saturated carbocycles. The maximum absolute atomic E-state index is 9.82. The van der Waals surface area contributed by atoms with Gasteiger partial charge in [-0.1, -0.05) is 6.92 Å². The lowest BCUT2D eigenvalue weighted by Crippen LogP contribution is -2.54. The first kappa shape index (κ1) is 10.9. The highest BCUT2D eigenvalue weighted by Crippen LogP contribution is 2.27. The van der Waals surface area contributed by atoms with Gasteiger partial charge in [0.15, 0.2) is 6.29 Å². The third-order valence-electron chi connectivity index (χ3n) is 2.74. The van der Waals surface area contributed by atoms with Gasteiger partial charge in [0.1, 0.15) is 6.10 Å². The van der Waals surface area contributed by atoms with Gasteiger partial charge in [-0.05, 0) is 6.92 Å². The van der Waals surface area contributed by atoms with Crippen molar-refractivity contribution in [2.24, 2.45) is 5.92 Å². The number of aliphatic hydroxyl groups excluding tert-OH is 1. The summed E-state index contributed by atoms with van der Waals surface area (Å²) < 4.78 is 15.7. The normalized spacial score (nSPS) is 46.4. The number of hydrogen-bond acceptors (Lipinski definition) is 4. The molecule has 1 heterocycles. The molecule has 13 heavy (non-hydrogen) atoms. The molecule has 0 spiro atoms. The lowest BCUT2D eigenvalue weighted by molar-refractivity contribution is -0.277. The standard InChI is InChI=1S/C9H18O4/c1-5-6(2)13-9(12-4)8(11-3)7(5)10/h5-10H,1-4H3/t5-,6-,7-,8-,9+/m1/s1. The van der Waals surface area contributed by atoms with Crippen LogP contribution in [-0.4, -0.2) is 43.9 Å². The number of hydrogen-bond donors (Lipinski definition) is 1. The van der Waals surface area contributed by atoms with Gasteiger partial charge in [0.05, 0.1) is 12.2 Å². The van der Waals surface area contributed by atoms with Crippen LogP contribution in [0.15, 0.2) is 0 Å². The average Bonchev–Trinajstić information content (AvgIpc) is 2.13. The van der Waals surface area contributed by atoms with E-state index in [1.54, 1.807) is 14.2 Å². The molecule has 1 fully saturated rings. The van der Waals surface area contributed by atoms with E-state index in [9.17, 15) is 5.11 Å². The molecule has 0 bridgehead atoms. The lowest BCUT2D eigenvalue weighted by atomic mass is 9.91. The molecule has 0 amide bonds. The van der Waals surface area contributed by atoms with Gasteiger partial charge in [0.25, 0.3) is 0 Å². The number of aliphatic hydroxyl groups is 1. The largest absolute Gasteiger partial charge is 0.390 e. The molecule has 1 aliphatic heterocycles. The van der Waals surface area contributed by atoms with E-state index in [4.69, 9.17) is 14.2 Å². The van der Waals surface area contributed by atoms with Crippen LogP contribution in [0.3, 0.4) is 0 Å². The van der Waals surface area contributed by atoms with E-state index in [1.807, 2.05) is 13.8 Å². The number of rotatable bonds is 2. The molecule has 1 rings (SSSR count). The van der Waals surface area contributed by atoms with Crippen LogP contribution >= 0.6 is 0 Å². The zero-order valence-corrected chi connectivity index (χ0v) is 8.56. The van der Waals surface area contributed by atoms with Gasteiger partial charge in [-0.25, -0.2) is 0 Å². The second kappa shape index (κ2) is 4.37. The lowest BCUT2D eigenvalue weighted by Gasteiger charge is -2.41. The van der Waals surface area contributed by atoms with E-state index >= 15 is 0 Å². The van der Waals surface area contributed by atoms with E-state index in [0.29, 0.717) is 0 Å². The van der Waals surface area contributed by atoms with Gasteiger partial charge in [0.2, 0.25) is 0 Å². The summed E-state index contributed by atoms with van der Waals surface area (Å²) in [7, 11) is 3.10. The van der Waals surface area contributed by atoms with Crippen molar-refractivity contribution < 1.29 is 19.3 Å². The van der Waals surface area contributed by atoms with Crippen LogP contribution in [0.4, 0.5) is 0 Å². The van der Waals surface area contributed by atoms with Crippen LogP contribution in [0.1, 0.15) is 13.8 Å². The highest BCUT2D eigenvalue weighted by atomic mass is 16.7. The van der Waals surface area contributed by atoms with E-state index in [1.165, 1.54) is 0 Å². The summed E-state index contributed by atoms with van der Waals surface area (Å²) in [5.74, 6) is 0.0661. The molecule has 0 aliphatic carbocycles. The minimum absolute atomic E-state index is 0.00801. The van der Waals surface area contributed by atoms with E-state index in [-0.39, 0.29) is 12.0 Å². The maximum Gasteiger partial charge on any atom is 0.186 e. The first-order valence-electron chi connectivity index (χ1n) is 4.51. The summed E-state index contributed by atoms with van der Waals surface area (Å²) in [6.07, 6.45) is -1.40. The molecule has 4 heteroatoms. The predicted molar refractivity (Wildman–Crippen MR) is 47.3 cm³/mol. The smallest absolute Gasteiger partial charge is 0.186 e. The van der Waals surface area contributed by atoms with Crippen molar-refractivity contribution in [1.82, 2.24) is 0 Å². The fourth-order valence-corrected chi connectivity index (χ4v) is 1.59. The Balaban J connectivity index is 2.69. The van der Waals surface area contributed by atoms with Crippen molar-refractivity contribution >= 4 is 0 Å². The van der Waals surface area contributed by atoms with Crippen LogP contribution in [0.5, 0.6) is 0 Å². The maximum atomic E-state index is 9.82. The van der Waals surface area contributed by atoms with Crippen molar-refractivity contribution in [3.05, 3.63) is 0 Å². The molecule has 0 aromatic heterocycles. The first-order valence-corrected chi connectivity index (χ1v) is 4.51. The van der Waals surface area contributed by atoms with Gasteiger partial charge >= 0.3 is 0 Å². The van der Waals surface area contributed by atoms with Crippen molar-refractivity contribution in [1.29, 1.82) is 0 Å². The molecule has 1 aliphatic rings. The third-order valence-corrected chi connectivity index (χ3v) is 2.74. The summed E-state index contributed by atoms with van der Waals surface area (Å²) in [6.45, 7) is 3.86. The second-order valence-corrected chi connectivity index (χ2v) is 3.50. The van der Waals surface area contributed by atoms with Gasteiger partial charge in [0, 0.05) is 20.1 Å². The predicted octanol–water partition coefficient (Wildman–Crippen LogP) is 0.390. The Morgan fingerprint density at radius 1 is 1.15 bits per heavy atom. The molecule has 78 valence electrons. The van der Waals surface area contributed by atoms with Crippen LogP contribution < -0.4 is 0 Å². The van der Waals surface area contributed by atoms with Gasteiger partial charge < -0.3 is 19.3 Å². The van der Waals surface area contributed by atoms with E-state index < -0.39 is 18.5 Å². The minimum Gasteiger partial charge on any atom is -0.390 e. The molecular formula is C9H18O4. The first-order chi connectivity index (χ1) is 6.11. The van der Waals surface area contributed by atoms with Gasteiger partial charge in [-0.15, -0.1) is 0 Å². The molecule has 4 nitrogen and oxygen atoms in total. The van der Waals surface area contributed by atoms with Crippen LogP contribution in [-0.2, 0) is 14.2 Å². The molecule has 0 unspecified atom stereocenters. The Labute approximate surface area is 78.8 Å². The quantitative estimate of drug-likeness (QED) is 0.684.